The molecule has 1 saturated heterocycles. The van der Waals surface area contributed by atoms with Crippen LogP contribution in [0.15, 0.2) is 12.3 Å². The van der Waals surface area contributed by atoms with E-state index in [9.17, 15) is 14.8 Å². The highest BCUT2D eigenvalue weighted by atomic mass is 31.2. The number of rotatable bonds is 8. The molecule has 0 bridgehead atoms. The normalized spacial score (nSPS) is 28.8. The zero-order chi connectivity index (χ0) is 22.2. The monoisotopic (exact) mass is 458 g/mol. The molecule has 1 unspecified atom stereocenters. The number of methoxy groups -OCH3 is 1. The maximum Gasteiger partial charge on any atom is 0.352 e. The van der Waals surface area contributed by atoms with Gasteiger partial charge in [-0.1, -0.05) is 12.8 Å². The Morgan fingerprint density at radius 2 is 2.03 bits per heavy atom. The number of ether oxygens (including phenoxy) is 2. The minimum atomic E-state index is -3.85. The van der Waals surface area contributed by atoms with E-state index in [2.05, 4.69) is 20.0 Å². The second kappa shape index (κ2) is 8.99. The van der Waals surface area contributed by atoms with Gasteiger partial charge in [0.15, 0.2) is 11.9 Å². The van der Waals surface area contributed by atoms with Crippen LogP contribution in [0.4, 0.5) is 5.82 Å². The number of hydrogen-bond acceptors (Lipinski definition) is 10. The molecular weight excluding hydrogens is 431 g/mol. The molecule has 13 heteroatoms. The largest absolute Gasteiger partial charge is 0.467 e. The molecule has 4 rings (SSSR count). The van der Waals surface area contributed by atoms with Gasteiger partial charge in [0.25, 0.3) is 0 Å². The van der Waals surface area contributed by atoms with Crippen LogP contribution in [0, 0.1) is 0 Å². The highest BCUT2D eigenvalue weighted by Gasteiger charge is 2.44. The lowest BCUT2D eigenvalue weighted by atomic mass is 10.1. The maximum absolute atomic E-state index is 11.2. The van der Waals surface area contributed by atoms with Gasteiger partial charge in [-0.3, -0.25) is 4.57 Å². The number of fused-ring (bicyclic) bond motifs is 1. The van der Waals surface area contributed by atoms with Crippen LogP contribution in [0.25, 0.3) is 11.0 Å². The number of aliphatic hydroxyl groups is 2. The van der Waals surface area contributed by atoms with Crippen molar-refractivity contribution in [3.8, 4) is 6.01 Å². The minimum absolute atomic E-state index is 0.163. The summed E-state index contributed by atoms with van der Waals surface area (Å²) in [6.07, 6.45) is 1.60. The third-order valence-corrected chi connectivity index (χ3v) is 5.85. The first-order chi connectivity index (χ1) is 14.8. The maximum atomic E-state index is 11.2. The predicted molar refractivity (Wildman–Crippen MR) is 109 cm³/mol. The second-order valence-electron chi connectivity index (χ2n) is 7.85. The minimum Gasteiger partial charge on any atom is -0.467 e. The van der Waals surface area contributed by atoms with Gasteiger partial charge in [0, 0.05) is 18.9 Å². The average molecular weight is 458 g/mol. The molecule has 2 aromatic heterocycles. The van der Waals surface area contributed by atoms with E-state index in [1.807, 2.05) is 0 Å². The van der Waals surface area contributed by atoms with E-state index >= 15 is 0 Å². The summed E-state index contributed by atoms with van der Waals surface area (Å²) in [6, 6.07) is 2.29. The van der Waals surface area contributed by atoms with E-state index in [1.54, 1.807) is 16.8 Å². The predicted octanol–water partition coefficient (Wildman–Crippen LogP) is 1.18. The number of nitrogens with one attached hydrogen (secondary N) is 1. The SMILES string of the molecule is COc1nc(NC2CCCC2)c2ccn([C@@H]3O[C@H](COOP(C)(=O)O)[C@@H](O)[C@H]3O)c2n1. The Hall–Kier alpha value is -1.79. The summed E-state index contributed by atoms with van der Waals surface area (Å²) in [7, 11) is -2.37. The van der Waals surface area contributed by atoms with Crippen molar-refractivity contribution in [1.29, 1.82) is 0 Å². The molecule has 4 N–H and O–H groups in total. The molecule has 1 aliphatic carbocycles. The molecule has 31 heavy (non-hydrogen) atoms. The Balaban J connectivity index is 1.58. The summed E-state index contributed by atoms with van der Waals surface area (Å²) in [5.74, 6) is 0.635. The van der Waals surface area contributed by atoms with Crippen molar-refractivity contribution in [2.45, 2.75) is 56.3 Å². The zero-order valence-corrected chi connectivity index (χ0v) is 18.1. The summed E-state index contributed by atoms with van der Waals surface area (Å²) in [5, 5.41) is 25.1. The molecule has 0 amide bonds. The van der Waals surface area contributed by atoms with Crippen molar-refractivity contribution in [2.75, 3.05) is 25.7 Å². The fourth-order valence-electron chi connectivity index (χ4n) is 3.98. The molecule has 172 valence electrons. The molecule has 2 fully saturated rings. The van der Waals surface area contributed by atoms with Gasteiger partial charge >= 0.3 is 13.6 Å². The molecule has 0 spiro atoms. The Labute approximate surface area is 178 Å². The number of anilines is 1. The Morgan fingerprint density at radius 3 is 2.71 bits per heavy atom. The van der Waals surface area contributed by atoms with Crippen LogP contribution in [-0.4, -0.2) is 74.4 Å². The van der Waals surface area contributed by atoms with Gasteiger partial charge in [-0.25, -0.2) is 4.89 Å². The summed E-state index contributed by atoms with van der Waals surface area (Å²) in [5.41, 5.74) is 0.467. The van der Waals surface area contributed by atoms with Crippen LogP contribution in [0.1, 0.15) is 31.9 Å². The number of nitrogens with zero attached hydrogens (tertiary/aromatic N) is 3. The van der Waals surface area contributed by atoms with Gasteiger partial charge in [0.05, 0.1) is 12.5 Å². The third-order valence-electron chi connectivity index (χ3n) is 5.46. The van der Waals surface area contributed by atoms with Crippen LogP contribution >= 0.6 is 7.60 Å². The van der Waals surface area contributed by atoms with E-state index in [0.29, 0.717) is 17.5 Å². The van der Waals surface area contributed by atoms with Gasteiger partial charge in [-0.2, -0.15) is 9.97 Å². The second-order valence-corrected chi connectivity index (χ2v) is 9.61. The first kappa shape index (κ1) is 22.4. The van der Waals surface area contributed by atoms with Crippen molar-refractivity contribution < 1.29 is 38.7 Å². The summed E-state index contributed by atoms with van der Waals surface area (Å²) in [6.45, 7) is 0.617. The van der Waals surface area contributed by atoms with Gasteiger partial charge in [0.2, 0.25) is 0 Å². The third kappa shape index (κ3) is 4.85. The Morgan fingerprint density at radius 1 is 1.29 bits per heavy atom. The molecule has 0 radical (unpaired) electrons. The van der Waals surface area contributed by atoms with Crippen LogP contribution in [0.3, 0.4) is 0 Å². The van der Waals surface area contributed by atoms with Gasteiger partial charge in [0.1, 0.15) is 30.7 Å². The standard InChI is InChI=1S/C18H27N4O8P/c1-27-18-20-15(19-10-5-3-4-6-10)11-7-8-22(16(11)21-18)17-14(24)13(23)12(29-17)9-28-30-31(2,25)26/h7-8,10,12-14,17,23-24H,3-6,9H2,1-2H3,(H,25,26)(H,19,20,21)/t12-,13-,14-,17-/m1/s1. The van der Waals surface area contributed by atoms with Gasteiger partial charge < -0.3 is 34.5 Å². The Bertz CT molecular complexity index is 959. The Kier molecular flexibility index (Phi) is 6.50. The molecule has 3 heterocycles. The molecule has 0 aromatic carbocycles. The highest BCUT2D eigenvalue weighted by molar-refractivity contribution is 7.51. The quantitative estimate of drug-likeness (QED) is 0.256. The van der Waals surface area contributed by atoms with Crippen molar-refractivity contribution in [1.82, 2.24) is 14.5 Å². The molecule has 5 atom stereocenters. The van der Waals surface area contributed by atoms with Crippen LogP contribution in [-0.2, 0) is 18.9 Å². The smallest absolute Gasteiger partial charge is 0.352 e. The van der Waals surface area contributed by atoms with E-state index in [1.165, 1.54) is 20.0 Å². The van der Waals surface area contributed by atoms with E-state index in [0.717, 1.165) is 24.9 Å². The van der Waals surface area contributed by atoms with E-state index in [-0.39, 0.29) is 12.6 Å². The first-order valence-electron chi connectivity index (χ1n) is 10.1. The van der Waals surface area contributed by atoms with Crippen molar-refractivity contribution in [2.24, 2.45) is 0 Å². The number of aliphatic hydroxyl groups excluding tert-OH is 2. The number of hydrogen-bond donors (Lipinski definition) is 4. The van der Waals surface area contributed by atoms with Crippen LogP contribution in [0.5, 0.6) is 6.01 Å². The van der Waals surface area contributed by atoms with Crippen molar-refractivity contribution in [3.05, 3.63) is 12.3 Å². The lowest BCUT2D eigenvalue weighted by Gasteiger charge is -2.18. The molecule has 2 aromatic rings. The lowest BCUT2D eigenvalue weighted by molar-refractivity contribution is -0.238. The highest BCUT2D eigenvalue weighted by Crippen LogP contribution is 2.38. The molecule has 1 aliphatic heterocycles. The summed E-state index contributed by atoms with van der Waals surface area (Å²) < 4.78 is 28.1. The van der Waals surface area contributed by atoms with Gasteiger partial charge in [-0.15, -0.1) is 4.67 Å². The van der Waals surface area contributed by atoms with Gasteiger partial charge in [-0.05, 0) is 18.9 Å². The molecule has 12 nitrogen and oxygen atoms in total. The number of aromatic nitrogens is 3. The molecule has 1 saturated carbocycles. The van der Waals surface area contributed by atoms with Crippen molar-refractivity contribution in [3.63, 3.8) is 0 Å². The topological polar surface area (TPSA) is 157 Å². The van der Waals surface area contributed by atoms with E-state index in [4.69, 9.17) is 19.3 Å². The molecular formula is C18H27N4O8P. The fraction of sp³-hybridized carbons (Fsp3) is 0.667. The average Bonchev–Trinajstić information content (AvgIpc) is 3.43. The fourth-order valence-corrected chi connectivity index (χ4v) is 4.23. The summed E-state index contributed by atoms with van der Waals surface area (Å²) >= 11 is 0. The zero-order valence-electron chi connectivity index (χ0n) is 17.2. The summed E-state index contributed by atoms with van der Waals surface area (Å²) in [4.78, 5) is 22.7. The molecule has 2 aliphatic rings. The van der Waals surface area contributed by atoms with Crippen molar-refractivity contribution >= 4 is 24.4 Å². The lowest BCUT2D eigenvalue weighted by Crippen LogP contribution is -2.33. The first-order valence-corrected chi connectivity index (χ1v) is 12.1. The van der Waals surface area contributed by atoms with Crippen LogP contribution in [0.2, 0.25) is 0 Å². The van der Waals surface area contributed by atoms with E-state index < -0.39 is 32.1 Å². The van der Waals surface area contributed by atoms with Crippen LogP contribution < -0.4 is 10.1 Å².